The molecular formula is C26H24Cl2N2O2. The van der Waals surface area contributed by atoms with Gasteiger partial charge in [-0.15, -0.1) is 0 Å². The number of ether oxygens (including phenoxy) is 2. The molecule has 2 aliphatic heterocycles. The van der Waals surface area contributed by atoms with E-state index >= 15 is 0 Å². The number of fused-ring (bicyclic) bond motifs is 3. The first kappa shape index (κ1) is 21.2. The molecule has 0 spiro atoms. The summed E-state index contributed by atoms with van der Waals surface area (Å²) in [4.78, 5) is 0. The van der Waals surface area contributed by atoms with Crippen LogP contribution in [0.5, 0.6) is 11.5 Å². The first-order chi connectivity index (χ1) is 15.4. The van der Waals surface area contributed by atoms with E-state index in [-0.39, 0.29) is 12.3 Å². The molecular weight excluding hydrogens is 443 g/mol. The van der Waals surface area contributed by atoms with Crippen molar-refractivity contribution >= 4 is 28.9 Å². The van der Waals surface area contributed by atoms with Gasteiger partial charge in [0.25, 0.3) is 0 Å². The van der Waals surface area contributed by atoms with Gasteiger partial charge < -0.3 is 9.47 Å². The van der Waals surface area contributed by atoms with Crippen molar-refractivity contribution in [2.75, 3.05) is 7.11 Å². The molecule has 2 atom stereocenters. The van der Waals surface area contributed by atoms with Crippen LogP contribution in [0.25, 0.3) is 0 Å². The van der Waals surface area contributed by atoms with E-state index in [9.17, 15) is 0 Å². The van der Waals surface area contributed by atoms with Crippen LogP contribution in [0.2, 0.25) is 10.0 Å². The number of benzene rings is 3. The second-order valence-corrected chi connectivity index (χ2v) is 9.32. The Morgan fingerprint density at radius 2 is 1.75 bits per heavy atom. The lowest BCUT2D eigenvalue weighted by Crippen LogP contribution is -2.33. The molecule has 0 amide bonds. The third-order valence-corrected chi connectivity index (χ3v) is 6.62. The number of halogens is 2. The fraction of sp³-hybridized carbons (Fsp3) is 0.269. The van der Waals surface area contributed by atoms with Crippen molar-refractivity contribution in [1.82, 2.24) is 5.01 Å². The Kier molecular flexibility index (Phi) is 5.52. The predicted octanol–water partition coefficient (Wildman–Crippen LogP) is 7.37. The first-order valence-electron chi connectivity index (χ1n) is 10.7. The van der Waals surface area contributed by atoms with Crippen LogP contribution >= 0.6 is 23.2 Å². The van der Waals surface area contributed by atoms with Crippen LogP contribution in [-0.4, -0.2) is 17.8 Å². The maximum Gasteiger partial charge on any atom is 0.213 e. The maximum atomic E-state index is 6.56. The molecule has 6 heteroatoms. The summed E-state index contributed by atoms with van der Waals surface area (Å²) in [7, 11) is 1.67. The molecule has 0 bridgehead atoms. The van der Waals surface area contributed by atoms with Crippen molar-refractivity contribution in [3.05, 3.63) is 93.0 Å². The van der Waals surface area contributed by atoms with Gasteiger partial charge in [-0.25, -0.2) is 5.01 Å². The minimum Gasteiger partial charge on any atom is -0.497 e. The Bertz CT molecular complexity index is 1170. The molecule has 0 saturated carbocycles. The van der Waals surface area contributed by atoms with Crippen molar-refractivity contribution in [3.63, 3.8) is 0 Å². The molecule has 0 radical (unpaired) electrons. The Balaban J connectivity index is 1.57. The van der Waals surface area contributed by atoms with E-state index in [0.717, 1.165) is 34.6 Å². The van der Waals surface area contributed by atoms with Crippen LogP contribution in [0.1, 0.15) is 60.7 Å². The van der Waals surface area contributed by atoms with Crippen LogP contribution in [0.4, 0.5) is 0 Å². The zero-order valence-corrected chi connectivity index (χ0v) is 19.7. The molecule has 0 fully saturated rings. The van der Waals surface area contributed by atoms with Crippen molar-refractivity contribution in [1.29, 1.82) is 0 Å². The number of nitrogens with zero attached hydrogens (tertiary/aromatic N) is 2. The van der Waals surface area contributed by atoms with Crippen molar-refractivity contribution < 1.29 is 9.47 Å². The molecule has 2 aliphatic rings. The Hall–Kier alpha value is -2.69. The zero-order valence-electron chi connectivity index (χ0n) is 18.2. The summed E-state index contributed by atoms with van der Waals surface area (Å²) in [5.41, 5.74) is 5.34. The largest absolute Gasteiger partial charge is 0.497 e. The third-order valence-electron chi connectivity index (χ3n) is 6.12. The summed E-state index contributed by atoms with van der Waals surface area (Å²) in [6.07, 6.45) is 0.364. The minimum atomic E-state index is -0.372. The molecule has 2 heterocycles. The van der Waals surface area contributed by atoms with Crippen molar-refractivity contribution in [2.24, 2.45) is 5.10 Å². The Morgan fingerprint density at radius 3 is 2.41 bits per heavy atom. The molecule has 4 nitrogen and oxygen atoms in total. The summed E-state index contributed by atoms with van der Waals surface area (Å²) in [6.45, 7) is 4.38. The van der Waals surface area contributed by atoms with E-state index in [0.29, 0.717) is 21.7 Å². The van der Waals surface area contributed by atoms with Crippen LogP contribution in [0.15, 0.2) is 65.8 Å². The maximum absolute atomic E-state index is 6.56. The van der Waals surface area contributed by atoms with Crippen molar-refractivity contribution in [2.45, 2.75) is 38.5 Å². The molecule has 3 aromatic rings. The number of rotatable bonds is 4. The molecule has 0 unspecified atom stereocenters. The second-order valence-electron chi connectivity index (χ2n) is 8.47. The summed E-state index contributed by atoms with van der Waals surface area (Å²) < 4.78 is 11.7. The predicted molar refractivity (Wildman–Crippen MR) is 129 cm³/mol. The van der Waals surface area contributed by atoms with Crippen LogP contribution < -0.4 is 9.47 Å². The van der Waals surface area contributed by atoms with Crippen LogP contribution in [0.3, 0.4) is 0 Å². The highest BCUT2D eigenvalue weighted by atomic mass is 35.5. The highest BCUT2D eigenvalue weighted by Gasteiger charge is 2.42. The fourth-order valence-corrected chi connectivity index (χ4v) is 4.89. The molecule has 5 rings (SSSR count). The lowest BCUT2D eigenvalue weighted by atomic mass is 9.95. The smallest absolute Gasteiger partial charge is 0.213 e. The molecule has 164 valence electrons. The third kappa shape index (κ3) is 3.72. The van der Waals surface area contributed by atoms with E-state index in [2.05, 4.69) is 38.1 Å². The van der Waals surface area contributed by atoms with E-state index < -0.39 is 0 Å². The highest BCUT2D eigenvalue weighted by Crippen LogP contribution is 2.50. The number of hydrogen-bond donors (Lipinski definition) is 0. The molecule has 0 N–H and O–H groups in total. The summed E-state index contributed by atoms with van der Waals surface area (Å²) >= 11 is 12.9. The van der Waals surface area contributed by atoms with E-state index in [1.165, 1.54) is 5.56 Å². The van der Waals surface area contributed by atoms with Gasteiger partial charge in [0.2, 0.25) is 6.23 Å². The van der Waals surface area contributed by atoms with Gasteiger partial charge in [-0.05, 0) is 53.4 Å². The SMILES string of the molecule is COc1ccc(C2=NN3[C@H](C2)c2cc(Cl)cc(Cl)c2O[C@@H]3c2ccc(C(C)C)cc2)cc1. The van der Waals surface area contributed by atoms with E-state index in [1.54, 1.807) is 13.2 Å². The van der Waals surface area contributed by atoms with E-state index in [1.807, 2.05) is 35.3 Å². The number of hydrogen-bond acceptors (Lipinski definition) is 4. The average Bonchev–Trinajstić information content (AvgIpc) is 3.25. The van der Waals surface area contributed by atoms with Gasteiger partial charge in [0.05, 0.1) is 23.9 Å². The number of methoxy groups -OCH3 is 1. The lowest BCUT2D eigenvalue weighted by molar-refractivity contribution is -0.0189. The summed E-state index contributed by atoms with van der Waals surface area (Å²) in [5, 5.41) is 8.16. The van der Waals surface area contributed by atoms with Gasteiger partial charge >= 0.3 is 0 Å². The minimum absolute atomic E-state index is 0.0122. The topological polar surface area (TPSA) is 34.1 Å². The Labute approximate surface area is 198 Å². The van der Waals surface area contributed by atoms with Gasteiger partial charge in [0.15, 0.2) is 0 Å². The van der Waals surface area contributed by atoms with Gasteiger partial charge in [-0.2, -0.15) is 5.10 Å². The van der Waals surface area contributed by atoms with Crippen LogP contribution in [-0.2, 0) is 0 Å². The van der Waals surface area contributed by atoms with Gasteiger partial charge in [0, 0.05) is 22.6 Å². The average molecular weight is 467 g/mol. The quantitative estimate of drug-likeness (QED) is 0.402. The molecule has 3 aromatic carbocycles. The van der Waals surface area contributed by atoms with Gasteiger partial charge in [-0.1, -0.05) is 61.3 Å². The summed E-state index contributed by atoms with van der Waals surface area (Å²) in [6, 6.07) is 20.2. The first-order valence-corrected chi connectivity index (χ1v) is 11.5. The standard InChI is InChI=1S/C26H24Cl2N2O2/c1-15(2)16-4-6-18(7-5-16)26-30-24(21-12-19(27)13-22(28)25(21)32-26)14-23(29-30)17-8-10-20(31-3)11-9-17/h4-13,15,24,26H,14H2,1-3H3/t24-,26-/m1/s1. The van der Waals surface area contributed by atoms with Gasteiger partial charge in [0.1, 0.15) is 11.5 Å². The molecule has 0 aromatic heterocycles. The molecule has 0 saturated heterocycles. The zero-order chi connectivity index (χ0) is 22.4. The highest BCUT2D eigenvalue weighted by molar-refractivity contribution is 6.35. The second kappa shape index (κ2) is 8.34. The molecule has 32 heavy (non-hydrogen) atoms. The molecule has 0 aliphatic carbocycles. The van der Waals surface area contributed by atoms with Crippen molar-refractivity contribution in [3.8, 4) is 11.5 Å². The normalized spacial score (nSPS) is 19.3. The fourth-order valence-electron chi connectivity index (χ4n) is 4.34. The summed E-state index contributed by atoms with van der Waals surface area (Å²) in [5.74, 6) is 1.97. The van der Waals surface area contributed by atoms with E-state index in [4.69, 9.17) is 37.8 Å². The van der Waals surface area contributed by atoms with Crippen LogP contribution in [0, 0.1) is 0 Å². The Morgan fingerprint density at radius 1 is 1.03 bits per heavy atom. The van der Waals surface area contributed by atoms with Gasteiger partial charge in [-0.3, -0.25) is 0 Å². The lowest BCUT2D eigenvalue weighted by Gasteiger charge is -2.38. The number of hydrazone groups is 1. The monoisotopic (exact) mass is 466 g/mol.